The monoisotopic (exact) mass is 235 g/mol. The van der Waals surface area contributed by atoms with E-state index in [-0.39, 0.29) is 0 Å². The Labute approximate surface area is 105 Å². The maximum Gasteiger partial charge on any atom is 0.145 e. The van der Waals surface area contributed by atoms with Gasteiger partial charge in [-0.15, -0.1) is 0 Å². The molecule has 0 aliphatic carbocycles. The van der Waals surface area contributed by atoms with E-state index < -0.39 is 0 Å². The van der Waals surface area contributed by atoms with Gasteiger partial charge in [0.05, 0.1) is 17.6 Å². The highest BCUT2D eigenvalue weighted by Gasteiger charge is 2.05. The number of anilines is 1. The van der Waals surface area contributed by atoms with Crippen LogP contribution in [0.2, 0.25) is 0 Å². The summed E-state index contributed by atoms with van der Waals surface area (Å²) in [7, 11) is 0. The van der Waals surface area contributed by atoms with E-state index in [0.29, 0.717) is 6.04 Å². The molecule has 0 fully saturated rings. The minimum Gasteiger partial charge on any atom is -0.366 e. The van der Waals surface area contributed by atoms with Gasteiger partial charge in [-0.25, -0.2) is 4.98 Å². The highest BCUT2D eigenvalue weighted by molar-refractivity contribution is 5.34. The van der Waals surface area contributed by atoms with E-state index in [4.69, 9.17) is 0 Å². The van der Waals surface area contributed by atoms with Crippen LogP contribution in [0.3, 0.4) is 0 Å². The maximum atomic E-state index is 4.48. The third kappa shape index (κ3) is 5.16. The Kier molecular flexibility index (Phi) is 5.39. The molecule has 1 heterocycles. The molecule has 96 valence electrons. The Balaban J connectivity index is 2.39. The smallest absolute Gasteiger partial charge is 0.145 e. The van der Waals surface area contributed by atoms with Gasteiger partial charge in [-0.1, -0.05) is 26.7 Å². The summed E-state index contributed by atoms with van der Waals surface area (Å²) in [5, 5.41) is 3.41. The first kappa shape index (κ1) is 13.9. The van der Waals surface area contributed by atoms with Crippen LogP contribution in [0.1, 0.15) is 51.4 Å². The summed E-state index contributed by atoms with van der Waals surface area (Å²) < 4.78 is 0. The topological polar surface area (TPSA) is 37.8 Å². The molecule has 1 rings (SSSR count). The first-order chi connectivity index (χ1) is 7.99. The molecule has 1 N–H and O–H groups in total. The lowest BCUT2D eigenvalue weighted by molar-refractivity contribution is 0.520. The van der Waals surface area contributed by atoms with Crippen molar-refractivity contribution in [3.63, 3.8) is 0 Å². The average Bonchev–Trinajstić information content (AvgIpc) is 2.23. The van der Waals surface area contributed by atoms with E-state index >= 15 is 0 Å². The quantitative estimate of drug-likeness (QED) is 0.816. The summed E-state index contributed by atoms with van der Waals surface area (Å²) in [5.74, 6) is 1.69. The molecule has 0 aliphatic heterocycles. The molecule has 3 heteroatoms. The predicted octanol–water partition coefficient (Wildman–Crippen LogP) is 3.72. The lowest BCUT2D eigenvalue weighted by Gasteiger charge is -2.15. The van der Waals surface area contributed by atoms with Crippen LogP contribution >= 0.6 is 0 Å². The van der Waals surface area contributed by atoms with E-state index in [0.717, 1.165) is 23.1 Å². The van der Waals surface area contributed by atoms with Gasteiger partial charge in [0.1, 0.15) is 5.82 Å². The summed E-state index contributed by atoms with van der Waals surface area (Å²) in [6.07, 6.45) is 5.57. The molecular weight excluding hydrogens is 210 g/mol. The van der Waals surface area contributed by atoms with Gasteiger partial charge >= 0.3 is 0 Å². The summed E-state index contributed by atoms with van der Waals surface area (Å²) in [6.45, 7) is 10.7. The molecule has 1 aromatic heterocycles. The Morgan fingerprint density at radius 2 is 1.82 bits per heavy atom. The third-order valence-electron chi connectivity index (χ3n) is 3.01. The zero-order valence-electron chi connectivity index (χ0n) is 11.7. The molecular formula is C14H25N3. The number of hydrogen-bond acceptors (Lipinski definition) is 3. The molecule has 0 saturated heterocycles. The van der Waals surface area contributed by atoms with Gasteiger partial charge < -0.3 is 5.32 Å². The van der Waals surface area contributed by atoms with Crippen LogP contribution in [0.4, 0.5) is 5.82 Å². The highest BCUT2D eigenvalue weighted by Crippen LogP contribution is 2.12. The molecule has 1 aromatic rings. The summed E-state index contributed by atoms with van der Waals surface area (Å²) in [4.78, 5) is 8.80. The Morgan fingerprint density at radius 3 is 2.41 bits per heavy atom. The fourth-order valence-electron chi connectivity index (χ4n) is 1.77. The molecule has 1 unspecified atom stereocenters. The fourth-order valence-corrected chi connectivity index (χ4v) is 1.77. The zero-order valence-corrected chi connectivity index (χ0v) is 11.7. The molecule has 0 aliphatic rings. The van der Waals surface area contributed by atoms with E-state index in [9.17, 15) is 0 Å². The first-order valence-corrected chi connectivity index (χ1v) is 6.55. The number of nitrogens with one attached hydrogen (secondary N) is 1. The number of aromatic nitrogens is 2. The van der Waals surface area contributed by atoms with Crippen molar-refractivity contribution in [2.75, 3.05) is 5.32 Å². The van der Waals surface area contributed by atoms with Gasteiger partial charge in [0.15, 0.2) is 0 Å². The Hall–Kier alpha value is -1.12. The van der Waals surface area contributed by atoms with Crippen LogP contribution in [0.15, 0.2) is 6.20 Å². The maximum absolute atomic E-state index is 4.48. The second-order valence-corrected chi connectivity index (χ2v) is 5.30. The van der Waals surface area contributed by atoms with Crippen molar-refractivity contribution in [1.29, 1.82) is 0 Å². The molecule has 0 aromatic carbocycles. The van der Waals surface area contributed by atoms with Crippen LogP contribution < -0.4 is 5.32 Å². The van der Waals surface area contributed by atoms with Crippen molar-refractivity contribution in [2.24, 2.45) is 5.92 Å². The van der Waals surface area contributed by atoms with Crippen LogP contribution in [0.25, 0.3) is 0 Å². The fraction of sp³-hybridized carbons (Fsp3) is 0.714. The van der Waals surface area contributed by atoms with E-state index in [1.54, 1.807) is 0 Å². The average molecular weight is 235 g/mol. The molecule has 1 atom stereocenters. The van der Waals surface area contributed by atoms with Gasteiger partial charge in [-0.3, -0.25) is 4.98 Å². The second kappa shape index (κ2) is 6.58. The number of rotatable bonds is 6. The lowest BCUT2D eigenvalue weighted by Crippen LogP contribution is -2.16. The molecule has 0 spiro atoms. The zero-order chi connectivity index (χ0) is 12.8. The molecule has 3 nitrogen and oxygen atoms in total. The van der Waals surface area contributed by atoms with Crippen molar-refractivity contribution in [3.8, 4) is 0 Å². The van der Waals surface area contributed by atoms with Crippen molar-refractivity contribution >= 4 is 5.82 Å². The first-order valence-electron chi connectivity index (χ1n) is 6.55. The summed E-state index contributed by atoms with van der Waals surface area (Å²) >= 11 is 0. The molecule has 0 saturated carbocycles. The van der Waals surface area contributed by atoms with Gasteiger partial charge in [-0.2, -0.15) is 0 Å². The molecule has 0 amide bonds. The van der Waals surface area contributed by atoms with Gasteiger partial charge in [0.2, 0.25) is 0 Å². The second-order valence-electron chi connectivity index (χ2n) is 5.30. The third-order valence-corrected chi connectivity index (χ3v) is 3.01. The Morgan fingerprint density at radius 1 is 1.12 bits per heavy atom. The van der Waals surface area contributed by atoms with Crippen LogP contribution in [-0.4, -0.2) is 16.0 Å². The van der Waals surface area contributed by atoms with Gasteiger partial charge in [0, 0.05) is 6.04 Å². The molecule has 0 bridgehead atoms. The van der Waals surface area contributed by atoms with Crippen LogP contribution in [0, 0.1) is 19.8 Å². The summed E-state index contributed by atoms with van der Waals surface area (Å²) in [6, 6.07) is 0.463. The van der Waals surface area contributed by atoms with E-state index in [1.807, 2.05) is 20.0 Å². The van der Waals surface area contributed by atoms with E-state index in [1.165, 1.54) is 19.3 Å². The van der Waals surface area contributed by atoms with Crippen molar-refractivity contribution in [3.05, 3.63) is 17.6 Å². The van der Waals surface area contributed by atoms with Crippen molar-refractivity contribution in [1.82, 2.24) is 9.97 Å². The minimum atomic E-state index is 0.463. The minimum absolute atomic E-state index is 0.463. The van der Waals surface area contributed by atoms with Gasteiger partial charge in [-0.05, 0) is 33.1 Å². The van der Waals surface area contributed by atoms with Crippen LogP contribution in [0.5, 0.6) is 0 Å². The SMILES string of the molecule is Cc1ncc(NC(C)CCCC(C)C)nc1C. The standard InChI is InChI=1S/C14H25N3/c1-10(2)7-6-8-11(3)16-14-9-15-12(4)13(5)17-14/h9-11H,6-8H2,1-5H3,(H,16,17). The van der Waals surface area contributed by atoms with Crippen LogP contribution in [-0.2, 0) is 0 Å². The highest BCUT2D eigenvalue weighted by atomic mass is 15.0. The van der Waals surface area contributed by atoms with Crippen molar-refractivity contribution < 1.29 is 0 Å². The number of nitrogens with zero attached hydrogens (tertiary/aromatic N) is 2. The lowest BCUT2D eigenvalue weighted by atomic mass is 10.0. The van der Waals surface area contributed by atoms with Gasteiger partial charge in [0.25, 0.3) is 0 Å². The largest absolute Gasteiger partial charge is 0.366 e. The summed E-state index contributed by atoms with van der Waals surface area (Å²) in [5.41, 5.74) is 2.01. The normalized spacial score (nSPS) is 12.8. The number of hydrogen-bond donors (Lipinski definition) is 1. The van der Waals surface area contributed by atoms with E-state index in [2.05, 4.69) is 36.1 Å². The molecule has 17 heavy (non-hydrogen) atoms. The molecule has 0 radical (unpaired) electrons. The Bertz CT molecular complexity index is 347. The van der Waals surface area contributed by atoms with Crippen molar-refractivity contribution in [2.45, 2.75) is 59.9 Å². The predicted molar refractivity (Wildman–Crippen MR) is 73.3 cm³/mol. The number of aryl methyl sites for hydroxylation is 2.